The van der Waals surface area contributed by atoms with Crippen LogP contribution in [0.5, 0.6) is 0 Å². The van der Waals surface area contributed by atoms with E-state index in [-0.39, 0.29) is 29.9 Å². The molecule has 180 valence electrons. The van der Waals surface area contributed by atoms with Crippen molar-refractivity contribution in [1.82, 2.24) is 25.2 Å². The molecule has 4 aromatic rings. The third-order valence-electron chi connectivity index (χ3n) is 6.08. The zero-order valence-electron chi connectivity index (χ0n) is 19.1. The number of carbonyl (C=O) groups excluding carboxylic acids is 1. The smallest absolute Gasteiger partial charge is 0.231 e. The molecule has 10 heteroatoms. The van der Waals surface area contributed by atoms with Crippen molar-refractivity contribution in [2.75, 3.05) is 13.1 Å². The van der Waals surface area contributed by atoms with Gasteiger partial charge in [-0.2, -0.15) is 9.97 Å². The van der Waals surface area contributed by atoms with Gasteiger partial charge < -0.3 is 13.9 Å². The van der Waals surface area contributed by atoms with E-state index in [9.17, 15) is 13.6 Å². The summed E-state index contributed by atoms with van der Waals surface area (Å²) in [6, 6.07) is 10.6. The number of likely N-dealkylation sites (tertiary alicyclic amines) is 1. The Balaban J connectivity index is 1.19. The molecule has 0 aliphatic carbocycles. The Hall–Kier alpha value is -3.95. The maximum absolute atomic E-state index is 13.5. The van der Waals surface area contributed by atoms with Crippen molar-refractivity contribution >= 4 is 5.91 Å². The van der Waals surface area contributed by atoms with E-state index in [1.54, 1.807) is 36.1 Å². The third kappa shape index (κ3) is 5.11. The maximum Gasteiger partial charge on any atom is 0.231 e. The van der Waals surface area contributed by atoms with Crippen LogP contribution in [0.2, 0.25) is 0 Å². The molecule has 0 radical (unpaired) electrons. The van der Waals surface area contributed by atoms with E-state index in [2.05, 4.69) is 20.3 Å². The first-order valence-electron chi connectivity index (χ1n) is 11.4. The molecule has 1 atom stereocenters. The lowest BCUT2D eigenvalue weighted by Gasteiger charge is -2.31. The normalized spacial score (nSPS) is 16.0. The SMILES string of the molecule is Cc1cc(-c2noc(CCC(=O)N3CCCC(c4nc(-c5cccc(F)c5)no4)C3)n2)ccc1F. The van der Waals surface area contributed by atoms with Crippen LogP contribution in [0.4, 0.5) is 8.78 Å². The lowest BCUT2D eigenvalue weighted by molar-refractivity contribution is -0.132. The number of aryl methyl sites for hydroxylation is 2. The summed E-state index contributed by atoms with van der Waals surface area (Å²) in [6.07, 6.45) is 2.15. The van der Waals surface area contributed by atoms with Gasteiger partial charge in [-0.3, -0.25) is 4.79 Å². The van der Waals surface area contributed by atoms with Crippen molar-refractivity contribution < 1.29 is 22.6 Å². The molecular weight excluding hydrogens is 456 g/mol. The standard InChI is InChI=1S/C25H23F2N5O3/c1-15-12-17(7-8-20(15)27)23-28-21(34-30-23)9-10-22(33)32-11-3-5-18(14-32)25-29-24(31-35-25)16-4-2-6-19(26)13-16/h2,4,6-8,12-13,18H,3,5,9-11,14H2,1H3. The lowest BCUT2D eigenvalue weighted by Crippen LogP contribution is -2.39. The fraction of sp³-hybridized carbons (Fsp3) is 0.320. The summed E-state index contributed by atoms with van der Waals surface area (Å²) in [5, 5.41) is 7.93. The molecule has 0 spiro atoms. The monoisotopic (exact) mass is 479 g/mol. The summed E-state index contributed by atoms with van der Waals surface area (Å²) in [6.45, 7) is 2.78. The highest BCUT2D eigenvalue weighted by Gasteiger charge is 2.29. The number of hydrogen-bond donors (Lipinski definition) is 0. The van der Waals surface area contributed by atoms with Gasteiger partial charge in [0.05, 0.1) is 5.92 Å². The summed E-state index contributed by atoms with van der Waals surface area (Å²) in [7, 11) is 0. The second-order valence-electron chi connectivity index (χ2n) is 8.62. The van der Waals surface area contributed by atoms with Gasteiger partial charge in [-0.05, 0) is 55.7 Å². The number of amides is 1. The Morgan fingerprint density at radius 1 is 1.06 bits per heavy atom. The predicted molar refractivity (Wildman–Crippen MR) is 121 cm³/mol. The fourth-order valence-electron chi connectivity index (χ4n) is 4.18. The van der Waals surface area contributed by atoms with Gasteiger partial charge in [0.1, 0.15) is 11.6 Å². The fourth-order valence-corrected chi connectivity index (χ4v) is 4.18. The van der Waals surface area contributed by atoms with Crippen molar-refractivity contribution in [2.24, 2.45) is 0 Å². The van der Waals surface area contributed by atoms with Crippen LogP contribution in [0.25, 0.3) is 22.8 Å². The minimum atomic E-state index is -0.371. The van der Waals surface area contributed by atoms with Crippen molar-refractivity contribution in [1.29, 1.82) is 0 Å². The average Bonchev–Trinajstić information content (AvgIpc) is 3.55. The number of carbonyl (C=O) groups is 1. The van der Waals surface area contributed by atoms with E-state index in [4.69, 9.17) is 9.05 Å². The second kappa shape index (κ2) is 9.73. The van der Waals surface area contributed by atoms with Crippen LogP contribution in [-0.4, -0.2) is 44.2 Å². The van der Waals surface area contributed by atoms with Crippen molar-refractivity contribution in [2.45, 2.75) is 38.5 Å². The Morgan fingerprint density at radius 2 is 1.86 bits per heavy atom. The van der Waals surface area contributed by atoms with Gasteiger partial charge in [0, 0.05) is 37.1 Å². The van der Waals surface area contributed by atoms with Gasteiger partial charge >= 0.3 is 0 Å². The summed E-state index contributed by atoms with van der Waals surface area (Å²) in [5.74, 6) is 0.693. The molecule has 1 aliphatic rings. The molecule has 0 N–H and O–H groups in total. The highest BCUT2D eigenvalue weighted by atomic mass is 19.1. The van der Waals surface area contributed by atoms with Crippen LogP contribution in [0.15, 0.2) is 51.5 Å². The van der Waals surface area contributed by atoms with Gasteiger partial charge in [0.2, 0.25) is 29.3 Å². The summed E-state index contributed by atoms with van der Waals surface area (Å²) in [5.41, 5.74) is 1.69. The quantitative estimate of drug-likeness (QED) is 0.395. The minimum absolute atomic E-state index is 0.0306. The maximum atomic E-state index is 13.5. The molecule has 8 nitrogen and oxygen atoms in total. The van der Waals surface area contributed by atoms with Crippen LogP contribution >= 0.6 is 0 Å². The van der Waals surface area contributed by atoms with Crippen LogP contribution < -0.4 is 0 Å². The molecular formula is C25H23F2N5O3. The van der Waals surface area contributed by atoms with E-state index >= 15 is 0 Å². The molecule has 2 aromatic carbocycles. The molecule has 1 saturated heterocycles. The molecule has 35 heavy (non-hydrogen) atoms. The molecule has 0 bridgehead atoms. The average molecular weight is 479 g/mol. The third-order valence-corrected chi connectivity index (χ3v) is 6.08. The molecule has 1 aliphatic heterocycles. The summed E-state index contributed by atoms with van der Waals surface area (Å²) < 4.78 is 37.7. The van der Waals surface area contributed by atoms with E-state index in [1.165, 1.54) is 18.2 Å². The highest BCUT2D eigenvalue weighted by Crippen LogP contribution is 2.28. The van der Waals surface area contributed by atoms with Gasteiger partial charge in [-0.15, -0.1) is 0 Å². The highest BCUT2D eigenvalue weighted by molar-refractivity contribution is 5.76. The number of nitrogens with zero attached hydrogens (tertiary/aromatic N) is 5. The van der Waals surface area contributed by atoms with Crippen LogP contribution in [0, 0.1) is 18.6 Å². The summed E-state index contributed by atoms with van der Waals surface area (Å²) >= 11 is 0. The molecule has 5 rings (SSSR count). The Labute approximate surface area is 200 Å². The number of benzene rings is 2. The first-order chi connectivity index (χ1) is 17.0. The predicted octanol–water partition coefficient (Wildman–Crippen LogP) is 4.71. The molecule has 2 aromatic heterocycles. The number of hydrogen-bond acceptors (Lipinski definition) is 7. The van der Waals surface area contributed by atoms with Crippen LogP contribution in [0.3, 0.4) is 0 Å². The Bertz CT molecular complexity index is 1350. The molecule has 0 saturated carbocycles. The first kappa shape index (κ1) is 22.8. The van der Waals surface area contributed by atoms with Gasteiger partial charge in [0.25, 0.3) is 0 Å². The number of rotatable bonds is 6. The van der Waals surface area contributed by atoms with Gasteiger partial charge in [-0.25, -0.2) is 8.78 Å². The Morgan fingerprint density at radius 3 is 2.69 bits per heavy atom. The zero-order chi connectivity index (χ0) is 24.4. The van der Waals surface area contributed by atoms with Crippen molar-refractivity contribution in [3.63, 3.8) is 0 Å². The van der Waals surface area contributed by atoms with E-state index in [0.29, 0.717) is 59.6 Å². The van der Waals surface area contributed by atoms with Crippen LogP contribution in [-0.2, 0) is 11.2 Å². The molecule has 3 heterocycles. The van der Waals surface area contributed by atoms with Gasteiger partial charge in [-0.1, -0.05) is 22.4 Å². The summed E-state index contributed by atoms with van der Waals surface area (Å²) in [4.78, 5) is 23.4. The molecule has 1 fully saturated rings. The van der Waals surface area contributed by atoms with Gasteiger partial charge in [0.15, 0.2) is 0 Å². The van der Waals surface area contributed by atoms with E-state index in [1.807, 2.05) is 0 Å². The molecule has 1 unspecified atom stereocenters. The van der Waals surface area contributed by atoms with E-state index < -0.39 is 0 Å². The van der Waals surface area contributed by atoms with Crippen LogP contribution in [0.1, 0.15) is 42.5 Å². The topological polar surface area (TPSA) is 98.2 Å². The zero-order valence-corrected chi connectivity index (χ0v) is 19.1. The number of aromatic nitrogens is 4. The number of halogens is 2. The van der Waals surface area contributed by atoms with E-state index in [0.717, 1.165) is 12.8 Å². The van der Waals surface area contributed by atoms with Crippen molar-refractivity contribution in [3.8, 4) is 22.8 Å². The Kier molecular flexibility index (Phi) is 6.35. The number of piperidine rings is 1. The largest absolute Gasteiger partial charge is 0.342 e. The molecule has 1 amide bonds. The van der Waals surface area contributed by atoms with Crippen molar-refractivity contribution in [3.05, 3.63) is 71.4 Å². The first-order valence-corrected chi connectivity index (χ1v) is 11.4. The lowest BCUT2D eigenvalue weighted by atomic mass is 9.97. The minimum Gasteiger partial charge on any atom is -0.342 e. The second-order valence-corrected chi connectivity index (χ2v) is 8.62.